The number of likely N-dealkylation sites (N-methyl/N-ethyl adjacent to an activating group) is 1. The van der Waals surface area contributed by atoms with E-state index in [1.54, 1.807) is 4.90 Å². The zero-order chi connectivity index (χ0) is 9.59. The molecule has 76 valence electrons. The smallest absolute Gasteiger partial charge is 0.185 e. The Morgan fingerprint density at radius 3 is 2.54 bits per heavy atom. The lowest BCUT2D eigenvalue weighted by atomic mass is 9.97. The number of nitrogens with zero attached hydrogens (tertiary/aromatic N) is 1. The van der Waals surface area contributed by atoms with Gasteiger partial charge in [0.15, 0.2) is 6.29 Å². The van der Waals surface area contributed by atoms with Crippen molar-refractivity contribution in [2.75, 3.05) is 20.7 Å². The standard InChI is InChI=1S/C8H15NO4/c1-9(2)5-6(10)4-3-12-8(13-4)7(5)11/h4-8,10-11H,3H2,1-2H3/t4-,5-,6-,7-,8-/m1/s1. The molecule has 5 atom stereocenters. The molecule has 0 spiro atoms. The molecule has 5 heteroatoms. The first-order valence-electron chi connectivity index (χ1n) is 4.41. The summed E-state index contributed by atoms with van der Waals surface area (Å²) in [5, 5.41) is 19.5. The van der Waals surface area contributed by atoms with Gasteiger partial charge in [0, 0.05) is 0 Å². The highest BCUT2D eigenvalue weighted by atomic mass is 16.7. The maximum atomic E-state index is 9.79. The zero-order valence-corrected chi connectivity index (χ0v) is 7.75. The minimum atomic E-state index is -0.774. The third-order valence-corrected chi connectivity index (χ3v) is 2.69. The minimum absolute atomic E-state index is 0.291. The van der Waals surface area contributed by atoms with Crippen LogP contribution in [0.1, 0.15) is 0 Å². The normalized spacial score (nSPS) is 50.1. The lowest BCUT2D eigenvalue weighted by molar-refractivity contribution is -0.209. The van der Waals surface area contributed by atoms with Crippen molar-refractivity contribution < 1.29 is 19.7 Å². The number of ether oxygens (including phenoxy) is 2. The van der Waals surface area contributed by atoms with Crippen molar-refractivity contribution in [3.05, 3.63) is 0 Å². The van der Waals surface area contributed by atoms with Crippen LogP contribution in [0.25, 0.3) is 0 Å². The van der Waals surface area contributed by atoms with Crippen LogP contribution in [0.4, 0.5) is 0 Å². The SMILES string of the molecule is CN(C)[C@H]1[C@@H](O)[C@@H]2OC[C@@H](O2)[C@H]1O. The van der Waals surface area contributed by atoms with Gasteiger partial charge in [-0.05, 0) is 14.1 Å². The second-order valence-electron chi connectivity index (χ2n) is 3.81. The summed E-state index contributed by atoms with van der Waals surface area (Å²) in [7, 11) is 3.64. The number of fused-ring (bicyclic) bond motifs is 2. The minimum Gasteiger partial charge on any atom is -0.389 e. The van der Waals surface area contributed by atoms with Gasteiger partial charge in [-0.3, -0.25) is 0 Å². The fourth-order valence-corrected chi connectivity index (χ4v) is 1.99. The topological polar surface area (TPSA) is 62.2 Å². The first-order valence-corrected chi connectivity index (χ1v) is 4.41. The number of aliphatic hydroxyl groups is 2. The molecule has 0 aromatic rings. The van der Waals surface area contributed by atoms with E-state index < -0.39 is 18.5 Å². The van der Waals surface area contributed by atoms with E-state index in [9.17, 15) is 10.2 Å². The van der Waals surface area contributed by atoms with Crippen molar-refractivity contribution >= 4 is 0 Å². The van der Waals surface area contributed by atoms with Crippen LogP contribution in [-0.4, -0.2) is 66.5 Å². The van der Waals surface area contributed by atoms with Crippen LogP contribution in [0.15, 0.2) is 0 Å². The third-order valence-electron chi connectivity index (χ3n) is 2.69. The summed E-state index contributed by atoms with van der Waals surface area (Å²) in [5.41, 5.74) is 0. The molecule has 2 N–H and O–H groups in total. The Hall–Kier alpha value is -0.200. The van der Waals surface area contributed by atoms with Crippen LogP contribution >= 0.6 is 0 Å². The van der Waals surface area contributed by atoms with E-state index in [-0.39, 0.29) is 12.1 Å². The van der Waals surface area contributed by atoms with E-state index in [0.717, 1.165) is 0 Å². The predicted octanol–water partition coefficient (Wildman–Crippen LogP) is -1.61. The van der Waals surface area contributed by atoms with Crippen molar-refractivity contribution in [1.29, 1.82) is 0 Å². The van der Waals surface area contributed by atoms with Gasteiger partial charge >= 0.3 is 0 Å². The van der Waals surface area contributed by atoms with Crippen LogP contribution in [0.3, 0.4) is 0 Å². The first-order chi connectivity index (χ1) is 6.11. The van der Waals surface area contributed by atoms with E-state index in [0.29, 0.717) is 6.61 Å². The molecule has 0 radical (unpaired) electrons. The fraction of sp³-hybridized carbons (Fsp3) is 1.00. The lowest BCUT2D eigenvalue weighted by Crippen LogP contribution is -2.59. The molecule has 2 saturated heterocycles. The Labute approximate surface area is 76.9 Å². The Morgan fingerprint density at radius 2 is 1.92 bits per heavy atom. The van der Waals surface area contributed by atoms with Gasteiger partial charge in [-0.15, -0.1) is 0 Å². The monoisotopic (exact) mass is 189 g/mol. The summed E-state index contributed by atoms with van der Waals surface area (Å²) < 4.78 is 10.4. The Morgan fingerprint density at radius 1 is 1.23 bits per heavy atom. The summed E-state index contributed by atoms with van der Waals surface area (Å²) in [5.74, 6) is 0. The molecule has 13 heavy (non-hydrogen) atoms. The maximum Gasteiger partial charge on any atom is 0.185 e. The van der Waals surface area contributed by atoms with Crippen LogP contribution in [0.5, 0.6) is 0 Å². The van der Waals surface area contributed by atoms with Crippen LogP contribution in [0, 0.1) is 0 Å². The second-order valence-corrected chi connectivity index (χ2v) is 3.81. The van der Waals surface area contributed by atoms with Gasteiger partial charge in [-0.1, -0.05) is 0 Å². The Balaban J connectivity index is 2.17. The highest BCUT2D eigenvalue weighted by molar-refractivity contribution is 4.96. The van der Waals surface area contributed by atoms with Crippen molar-refractivity contribution in [3.63, 3.8) is 0 Å². The van der Waals surface area contributed by atoms with Gasteiger partial charge in [-0.25, -0.2) is 0 Å². The Kier molecular flexibility index (Phi) is 2.29. The highest BCUT2D eigenvalue weighted by Crippen LogP contribution is 2.29. The molecule has 0 unspecified atom stereocenters. The number of hydrogen-bond acceptors (Lipinski definition) is 5. The molecule has 2 aliphatic heterocycles. The van der Waals surface area contributed by atoms with Gasteiger partial charge in [0.05, 0.1) is 12.6 Å². The third kappa shape index (κ3) is 1.37. The summed E-state index contributed by atoms with van der Waals surface area (Å²) in [6.45, 7) is 0.368. The summed E-state index contributed by atoms with van der Waals surface area (Å²) in [6.07, 6.45) is -2.31. The van der Waals surface area contributed by atoms with Crippen molar-refractivity contribution in [3.8, 4) is 0 Å². The van der Waals surface area contributed by atoms with Gasteiger partial charge in [-0.2, -0.15) is 0 Å². The molecule has 0 aromatic carbocycles. The first kappa shape index (κ1) is 9.36. The zero-order valence-electron chi connectivity index (χ0n) is 7.75. The maximum absolute atomic E-state index is 9.79. The summed E-state index contributed by atoms with van der Waals surface area (Å²) in [4.78, 5) is 1.80. The molecule has 0 aromatic heterocycles. The molecular formula is C8H15NO4. The van der Waals surface area contributed by atoms with Crippen molar-refractivity contribution in [2.45, 2.75) is 30.6 Å². The number of hydrogen-bond donors (Lipinski definition) is 2. The molecule has 0 aliphatic carbocycles. The van der Waals surface area contributed by atoms with Gasteiger partial charge < -0.3 is 24.6 Å². The summed E-state index contributed by atoms with van der Waals surface area (Å²) in [6, 6.07) is -0.300. The summed E-state index contributed by atoms with van der Waals surface area (Å²) >= 11 is 0. The molecule has 0 saturated carbocycles. The van der Waals surface area contributed by atoms with E-state index in [1.165, 1.54) is 0 Å². The quantitative estimate of drug-likeness (QED) is 0.520. The predicted molar refractivity (Wildman–Crippen MR) is 44.1 cm³/mol. The molecule has 5 nitrogen and oxygen atoms in total. The molecular weight excluding hydrogens is 174 g/mol. The molecule has 0 amide bonds. The lowest BCUT2D eigenvalue weighted by Gasteiger charge is -2.39. The number of rotatable bonds is 1. The number of aliphatic hydroxyl groups excluding tert-OH is 2. The van der Waals surface area contributed by atoms with E-state index in [1.807, 2.05) is 14.1 Å². The molecule has 2 fully saturated rings. The Bertz CT molecular complexity index is 183. The molecule has 2 rings (SSSR count). The molecule has 2 bridgehead atoms. The average Bonchev–Trinajstić information content (AvgIpc) is 2.46. The largest absolute Gasteiger partial charge is 0.389 e. The second kappa shape index (κ2) is 3.18. The van der Waals surface area contributed by atoms with Gasteiger partial charge in [0.25, 0.3) is 0 Å². The van der Waals surface area contributed by atoms with Crippen molar-refractivity contribution in [1.82, 2.24) is 4.90 Å². The van der Waals surface area contributed by atoms with Crippen molar-refractivity contribution in [2.24, 2.45) is 0 Å². The molecule has 2 heterocycles. The fourth-order valence-electron chi connectivity index (χ4n) is 1.99. The van der Waals surface area contributed by atoms with Gasteiger partial charge in [0.2, 0.25) is 0 Å². The van der Waals surface area contributed by atoms with Crippen LogP contribution < -0.4 is 0 Å². The average molecular weight is 189 g/mol. The van der Waals surface area contributed by atoms with E-state index in [2.05, 4.69) is 0 Å². The van der Waals surface area contributed by atoms with E-state index in [4.69, 9.17) is 9.47 Å². The molecule has 2 aliphatic rings. The van der Waals surface area contributed by atoms with Gasteiger partial charge in [0.1, 0.15) is 18.3 Å². The van der Waals surface area contributed by atoms with Crippen LogP contribution in [0.2, 0.25) is 0 Å². The highest BCUT2D eigenvalue weighted by Gasteiger charge is 2.50. The van der Waals surface area contributed by atoms with E-state index >= 15 is 0 Å². The van der Waals surface area contributed by atoms with Crippen LogP contribution in [-0.2, 0) is 9.47 Å².